The van der Waals surface area contributed by atoms with Gasteiger partial charge in [0.1, 0.15) is 0 Å². The quantitative estimate of drug-likeness (QED) is 0.617. The fourth-order valence-corrected chi connectivity index (χ4v) is 2.39. The third-order valence-electron chi connectivity index (χ3n) is 3.12. The van der Waals surface area contributed by atoms with E-state index in [4.69, 9.17) is 0 Å². The fourth-order valence-electron chi connectivity index (χ4n) is 1.47. The highest BCUT2D eigenvalue weighted by Gasteiger charge is 2.29. The van der Waals surface area contributed by atoms with E-state index in [0.717, 1.165) is 0 Å². The maximum atomic E-state index is 11.6. The Hall–Kier alpha value is -0.990. The summed E-state index contributed by atoms with van der Waals surface area (Å²) in [6.07, 6.45) is 1.19. The molecular formula is C12H17BrN2O4S. The van der Waals surface area contributed by atoms with E-state index in [0.29, 0.717) is 16.6 Å². The average Bonchev–Trinajstić information content (AvgIpc) is 2.29. The van der Waals surface area contributed by atoms with Gasteiger partial charge >= 0.3 is 0 Å². The van der Waals surface area contributed by atoms with E-state index in [1.807, 2.05) is 0 Å². The predicted octanol–water partition coefficient (Wildman–Crippen LogP) is 2.27. The van der Waals surface area contributed by atoms with Crippen LogP contribution in [-0.4, -0.2) is 30.9 Å². The standard InChI is InChI=1S/C12H17BrN2O4S/c1-12(2,20(3,18)19)8-14-7-9-5-4-6-10(11(9)13)15(16)17/h4-6,14H,7-8H2,1-3H3. The van der Waals surface area contributed by atoms with Crippen LogP contribution in [0.5, 0.6) is 0 Å². The Balaban J connectivity index is 2.78. The molecule has 0 amide bonds. The van der Waals surface area contributed by atoms with Gasteiger partial charge in [0.15, 0.2) is 9.84 Å². The zero-order valence-corrected chi connectivity index (χ0v) is 13.9. The molecule has 0 heterocycles. The molecule has 1 aromatic rings. The molecule has 0 bridgehead atoms. The first-order valence-electron chi connectivity index (χ1n) is 5.88. The van der Waals surface area contributed by atoms with Gasteiger partial charge in [0.05, 0.1) is 14.1 Å². The van der Waals surface area contributed by atoms with Gasteiger partial charge in [0.25, 0.3) is 5.69 Å². The summed E-state index contributed by atoms with van der Waals surface area (Å²) in [5, 5.41) is 13.8. The molecule has 0 saturated carbocycles. The Labute approximate surface area is 126 Å². The molecule has 1 rings (SSSR count). The number of hydrogen-bond acceptors (Lipinski definition) is 5. The number of halogens is 1. The van der Waals surface area contributed by atoms with Crippen molar-refractivity contribution in [1.82, 2.24) is 5.32 Å². The van der Waals surface area contributed by atoms with E-state index >= 15 is 0 Å². The molecule has 8 heteroatoms. The molecule has 0 unspecified atom stereocenters. The van der Waals surface area contributed by atoms with Gasteiger partial charge in [-0.25, -0.2) is 8.42 Å². The Morgan fingerprint density at radius 2 is 2.00 bits per heavy atom. The fraction of sp³-hybridized carbons (Fsp3) is 0.500. The minimum absolute atomic E-state index is 0.00771. The summed E-state index contributed by atoms with van der Waals surface area (Å²) in [6.45, 7) is 3.89. The van der Waals surface area contributed by atoms with Crippen LogP contribution in [0.1, 0.15) is 19.4 Å². The van der Waals surface area contributed by atoms with Gasteiger partial charge in [0.2, 0.25) is 0 Å². The molecular weight excluding hydrogens is 348 g/mol. The summed E-state index contributed by atoms with van der Waals surface area (Å²) in [4.78, 5) is 10.4. The molecule has 0 saturated heterocycles. The van der Waals surface area contributed by atoms with Crippen LogP contribution in [0, 0.1) is 10.1 Å². The van der Waals surface area contributed by atoms with Crippen molar-refractivity contribution in [2.75, 3.05) is 12.8 Å². The molecule has 0 aromatic heterocycles. The number of nitro groups is 1. The molecule has 0 spiro atoms. The first kappa shape index (κ1) is 17.1. The highest BCUT2D eigenvalue weighted by Crippen LogP contribution is 2.28. The van der Waals surface area contributed by atoms with E-state index < -0.39 is 19.5 Å². The Bertz CT molecular complexity index is 614. The van der Waals surface area contributed by atoms with Crippen molar-refractivity contribution < 1.29 is 13.3 Å². The number of sulfone groups is 1. The number of hydrogen-bond donors (Lipinski definition) is 1. The van der Waals surface area contributed by atoms with Crippen LogP contribution in [0.2, 0.25) is 0 Å². The molecule has 0 aliphatic rings. The molecule has 0 fully saturated rings. The minimum Gasteiger partial charge on any atom is -0.311 e. The van der Waals surface area contributed by atoms with Crippen LogP contribution in [-0.2, 0) is 16.4 Å². The third-order valence-corrected chi connectivity index (χ3v) is 6.19. The number of benzene rings is 1. The van der Waals surface area contributed by atoms with Crippen molar-refractivity contribution in [1.29, 1.82) is 0 Å². The SMILES string of the molecule is CC(C)(CNCc1cccc([N+](=O)[O-])c1Br)S(C)(=O)=O. The van der Waals surface area contributed by atoms with Gasteiger partial charge in [-0.15, -0.1) is 0 Å². The monoisotopic (exact) mass is 364 g/mol. The molecule has 6 nitrogen and oxygen atoms in total. The summed E-state index contributed by atoms with van der Waals surface area (Å²) in [6, 6.07) is 4.76. The molecule has 0 atom stereocenters. The van der Waals surface area contributed by atoms with Gasteiger partial charge in [-0.2, -0.15) is 0 Å². The van der Waals surface area contributed by atoms with Crippen LogP contribution in [0.4, 0.5) is 5.69 Å². The lowest BCUT2D eigenvalue weighted by atomic mass is 10.1. The highest BCUT2D eigenvalue weighted by atomic mass is 79.9. The van der Waals surface area contributed by atoms with Crippen LogP contribution >= 0.6 is 15.9 Å². The van der Waals surface area contributed by atoms with Gasteiger partial charge in [-0.05, 0) is 35.3 Å². The number of nitro benzene ring substituents is 1. The van der Waals surface area contributed by atoms with Crippen molar-refractivity contribution in [3.05, 3.63) is 38.3 Å². The number of nitrogens with one attached hydrogen (secondary N) is 1. The van der Waals surface area contributed by atoms with Gasteiger partial charge < -0.3 is 5.32 Å². The van der Waals surface area contributed by atoms with Crippen LogP contribution in [0.3, 0.4) is 0 Å². The summed E-state index contributed by atoms with van der Waals surface area (Å²) in [7, 11) is -3.17. The van der Waals surface area contributed by atoms with Gasteiger partial charge in [-0.3, -0.25) is 10.1 Å². The Kier molecular flexibility index (Phi) is 5.28. The third kappa shape index (κ3) is 4.00. The van der Waals surface area contributed by atoms with Gasteiger partial charge in [-0.1, -0.05) is 12.1 Å². The second-order valence-electron chi connectivity index (χ2n) is 5.14. The number of rotatable bonds is 6. The van der Waals surface area contributed by atoms with Crippen LogP contribution in [0.25, 0.3) is 0 Å². The molecule has 112 valence electrons. The molecule has 1 N–H and O–H groups in total. The average molecular weight is 365 g/mol. The molecule has 20 heavy (non-hydrogen) atoms. The summed E-state index contributed by atoms with van der Waals surface area (Å²) >= 11 is 3.20. The summed E-state index contributed by atoms with van der Waals surface area (Å²) < 4.78 is 22.7. The smallest absolute Gasteiger partial charge is 0.283 e. The van der Waals surface area contributed by atoms with Crippen LogP contribution in [0.15, 0.2) is 22.7 Å². The van der Waals surface area contributed by atoms with Crippen molar-refractivity contribution in [3.63, 3.8) is 0 Å². The lowest BCUT2D eigenvalue weighted by Crippen LogP contribution is -2.41. The predicted molar refractivity (Wildman–Crippen MR) is 81.4 cm³/mol. The maximum absolute atomic E-state index is 11.6. The first-order chi connectivity index (χ1) is 9.06. The van der Waals surface area contributed by atoms with E-state index in [2.05, 4.69) is 21.2 Å². The molecule has 0 radical (unpaired) electrons. The molecule has 0 aliphatic carbocycles. The van der Waals surface area contributed by atoms with E-state index in [1.165, 1.54) is 12.3 Å². The van der Waals surface area contributed by atoms with Crippen LogP contribution < -0.4 is 5.32 Å². The Morgan fingerprint density at radius 1 is 1.40 bits per heavy atom. The summed E-state index contributed by atoms with van der Waals surface area (Å²) in [5.41, 5.74) is 0.704. The zero-order chi connectivity index (χ0) is 15.6. The first-order valence-corrected chi connectivity index (χ1v) is 8.57. The molecule has 1 aromatic carbocycles. The maximum Gasteiger partial charge on any atom is 0.283 e. The second kappa shape index (κ2) is 6.19. The zero-order valence-electron chi connectivity index (χ0n) is 11.5. The minimum atomic E-state index is -3.17. The largest absolute Gasteiger partial charge is 0.311 e. The lowest BCUT2D eigenvalue weighted by molar-refractivity contribution is -0.385. The molecule has 0 aliphatic heterocycles. The van der Waals surface area contributed by atoms with E-state index in [9.17, 15) is 18.5 Å². The van der Waals surface area contributed by atoms with E-state index in [-0.39, 0.29) is 12.2 Å². The number of nitrogens with zero attached hydrogens (tertiary/aromatic N) is 1. The van der Waals surface area contributed by atoms with E-state index in [1.54, 1.807) is 26.0 Å². The lowest BCUT2D eigenvalue weighted by Gasteiger charge is -2.23. The normalized spacial score (nSPS) is 12.4. The van der Waals surface area contributed by atoms with Crippen molar-refractivity contribution in [2.45, 2.75) is 25.1 Å². The van der Waals surface area contributed by atoms with Gasteiger partial charge in [0, 0.05) is 25.4 Å². The Morgan fingerprint density at radius 3 is 2.50 bits per heavy atom. The van der Waals surface area contributed by atoms with Crippen molar-refractivity contribution in [3.8, 4) is 0 Å². The highest BCUT2D eigenvalue weighted by molar-refractivity contribution is 9.10. The van der Waals surface area contributed by atoms with Crippen molar-refractivity contribution >= 4 is 31.5 Å². The van der Waals surface area contributed by atoms with Crippen molar-refractivity contribution in [2.24, 2.45) is 0 Å². The second-order valence-corrected chi connectivity index (χ2v) is 8.59. The topological polar surface area (TPSA) is 89.3 Å². The summed E-state index contributed by atoms with van der Waals surface area (Å²) in [5.74, 6) is 0.